The molecule has 0 radical (unpaired) electrons. The van der Waals surface area contributed by atoms with Crippen molar-refractivity contribution in [1.82, 2.24) is 15.1 Å². The molecule has 0 bridgehead atoms. The van der Waals surface area contributed by atoms with Crippen LogP contribution in [0.25, 0.3) is 5.69 Å². The Morgan fingerprint density at radius 1 is 1.39 bits per heavy atom. The molecule has 0 unspecified atom stereocenters. The number of halogens is 1. The minimum atomic E-state index is 0.412. The molecule has 96 valence electrons. The monoisotopic (exact) mass is 263 g/mol. The van der Waals surface area contributed by atoms with Gasteiger partial charge in [-0.3, -0.25) is 0 Å². The van der Waals surface area contributed by atoms with Gasteiger partial charge in [-0.2, -0.15) is 5.10 Å². The van der Waals surface area contributed by atoms with E-state index in [9.17, 15) is 0 Å². The Labute approximate surface area is 113 Å². The lowest BCUT2D eigenvalue weighted by atomic mass is 10.1. The van der Waals surface area contributed by atoms with Crippen LogP contribution < -0.4 is 5.32 Å². The van der Waals surface area contributed by atoms with Gasteiger partial charge >= 0.3 is 0 Å². The van der Waals surface area contributed by atoms with Crippen LogP contribution in [0.5, 0.6) is 0 Å². The number of nitrogens with zero attached hydrogens (tertiary/aromatic N) is 2. The van der Waals surface area contributed by atoms with Gasteiger partial charge in [-0.15, -0.1) is 0 Å². The summed E-state index contributed by atoms with van der Waals surface area (Å²) >= 11 is 6.04. The van der Waals surface area contributed by atoms with Gasteiger partial charge in [-0.25, -0.2) is 4.68 Å². The molecule has 4 heteroatoms. The average molecular weight is 264 g/mol. The van der Waals surface area contributed by atoms with Gasteiger partial charge < -0.3 is 5.32 Å². The van der Waals surface area contributed by atoms with E-state index in [4.69, 9.17) is 11.6 Å². The summed E-state index contributed by atoms with van der Waals surface area (Å²) in [6.07, 6.45) is 1.92. The average Bonchev–Trinajstić information content (AvgIpc) is 2.73. The highest BCUT2D eigenvalue weighted by Crippen LogP contribution is 2.24. The van der Waals surface area contributed by atoms with Crippen LogP contribution in [-0.2, 0) is 6.54 Å². The van der Waals surface area contributed by atoms with Crippen molar-refractivity contribution >= 4 is 11.6 Å². The second-order valence-electron chi connectivity index (χ2n) is 4.63. The third-order valence-electron chi connectivity index (χ3n) is 2.85. The Balaban J connectivity index is 2.50. The molecule has 2 aromatic rings. The Kier molecular flexibility index (Phi) is 4.04. The third kappa shape index (κ3) is 2.57. The van der Waals surface area contributed by atoms with Crippen LogP contribution in [0.2, 0.25) is 5.02 Å². The van der Waals surface area contributed by atoms with Crippen LogP contribution in [0.4, 0.5) is 0 Å². The smallest absolute Gasteiger partial charge is 0.0663 e. The van der Waals surface area contributed by atoms with Gasteiger partial charge in [0.05, 0.1) is 17.6 Å². The minimum Gasteiger partial charge on any atom is -0.316 e. The molecule has 0 aliphatic heterocycles. The fourth-order valence-corrected chi connectivity index (χ4v) is 2.33. The second kappa shape index (κ2) is 5.55. The van der Waals surface area contributed by atoms with E-state index in [2.05, 4.69) is 24.3 Å². The van der Waals surface area contributed by atoms with Gasteiger partial charge in [-0.05, 0) is 31.2 Å². The van der Waals surface area contributed by atoms with E-state index in [0.29, 0.717) is 5.92 Å². The zero-order chi connectivity index (χ0) is 13.1. The maximum atomic E-state index is 6.04. The van der Waals surface area contributed by atoms with Gasteiger partial charge in [0, 0.05) is 17.1 Å². The Hall–Kier alpha value is -1.32. The molecule has 0 spiro atoms. The Bertz CT molecular complexity index is 532. The molecule has 0 atom stereocenters. The number of benzene rings is 1. The molecule has 0 saturated carbocycles. The Morgan fingerprint density at radius 2 is 2.17 bits per heavy atom. The van der Waals surface area contributed by atoms with Crippen molar-refractivity contribution in [3.63, 3.8) is 0 Å². The number of rotatable bonds is 4. The number of hydrogen-bond acceptors (Lipinski definition) is 2. The topological polar surface area (TPSA) is 29.9 Å². The van der Waals surface area contributed by atoms with Crippen LogP contribution in [0.15, 0.2) is 30.5 Å². The summed E-state index contributed by atoms with van der Waals surface area (Å²) < 4.78 is 1.98. The summed E-state index contributed by atoms with van der Waals surface area (Å²) in [5, 5.41) is 8.39. The minimum absolute atomic E-state index is 0.412. The molecule has 0 amide bonds. The summed E-state index contributed by atoms with van der Waals surface area (Å²) in [5.41, 5.74) is 3.47. The van der Waals surface area contributed by atoms with Crippen molar-refractivity contribution in [3.05, 3.63) is 46.7 Å². The van der Waals surface area contributed by atoms with Crippen LogP contribution in [-0.4, -0.2) is 16.8 Å². The van der Waals surface area contributed by atoms with Crippen molar-refractivity contribution in [2.75, 3.05) is 7.05 Å². The lowest BCUT2D eigenvalue weighted by Crippen LogP contribution is -2.10. The first-order valence-electron chi connectivity index (χ1n) is 6.10. The van der Waals surface area contributed by atoms with Gasteiger partial charge in [0.15, 0.2) is 0 Å². The van der Waals surface area contributed by atoms with Crippen molar-refractivity contribution in [3.8, 4) is 5.69 Å². The predicted molar refractivity (Wildman–Crippen MR) is 75.4 cm³/mol. The van der Waals surface area contributed by atoms with E-state index in [1.807, 2.05) is 42.2 Å². The standard InChI is InChI=1S/C14H18ClN3/c1-10(2)14-11(8-16-3)9-17-18(14)13-6-4-5-12(15)7-13/h4-7,9-10,16H,8H2,1-3H3. The molecule has 1 N–H and O–H groups in total. The van der Waals surface area contributed by atoms with E-state index in [1.54, 1.807) is 0 Å². The largest absolute Gasteiger partial charge is 0.316 e. The molecule has 18 heavy (non-hydrogen) atoms. The highest BCUT2D eigenvalue weighted by atomic mass is 35.5. The van der Waals surface area contributed by atoms with Gasteiger partial charge in [-0.1, -0.05) is 31.5 Å². The summed E-state index contributed by atoms with van der Waals surface area (Å²) in [7, 11) is 1.95. The van der Waals surface area contributed by atoms with E-state index in [1.165, 1.54) is 11.3 Å². The quantitative estimate of drug-likeness (QED) is 0.917. The molecule has 1 aromatic carbocycles. The van der Waals surface area contributed by atoms with Crippen LogP contribution >= 0.6 is 11.6 Å². The summed E-state index contributed by atoms with van der Waals surface area (Å²) in [6, 6.07) is 7.77. The SMILES string of the molecule is CNCc1cnn(-c2cccc(Cl)c2)c1C(C)C. The fraction of sp³-hybridized carbons (Fsp3) is 0.357. The van der Waals surface area contributed by atoms with Gasteiger partial charge in [0.2, 0.25) is 0 Å². The van der Waals surface area contributed by atoms with E-state index >= 15 is 0 Å². The molecular formula is C14H18ClN3. The van der Waals surface area contributed by atoms with Crippen molar-refractivity contribution < 1.29 is 0 Å². The van der Waals surface area contributed by atoms with Crippen molar-refractivity contribution in [2.45, 2.75) is 26.3 Å². The normalized spacial score (nSPS) is 11.2. The first kappa shape index (κ1) is 13.1. The third-order valence-corrected chi connectivity index (χ3v) is 3.09. The predicted octanol–water partition coefficient (Wildman–Crippen LogP) is 3.37. The first-order chi connectivity index (χ1) is 8.63. The first-order valence-corrected chi connectivity index (χ1v) is 6.48. The molecule has 0 fully saturated rings. The fourth-order valence-electron chi connectivity index (χ4n) is 2.15. The molecule has 0 aliphatic carbocycles. The Morgan fingerprint density at radius 3 is 2.78 bits per heavy atom. The number of aromatic nitrogens is 2. The molecule has 2 rings (SSSR count). The van der Waals surface area contributed by atoms with Crippen molar-refractivity contribution in [1.29, 1.82) is 0 Å². The summed E-state index contributed by atoms with van der Waals surface area (Å²) in [5.74, 6) is 0.412. The molecular weight excluding hydrogens is 246 g/mol. The number of hydrogen-bond donors (Lipinski definition) is 1. The molecule has 1 aromatic heterocycles. The summed E-state index contributed by atoms with van der Waals surface area (Å²) in [6.45, 7) is 5.18. The highest BCUT2D eigenvalue weighted by Gasteiger charge is 2.14. The van der Waals surface area contributed by atoms with E-state index in [0.717, 1.165) is 17.3 Å². The zero-order valence-corrected chi connectivity index (χ0v) is 11.7. The lowest BCUT2D eigenvalue weighted by molar-refractivity contribution is 0.713. The lowest BCUT2D eigenvalue weighted by Gasteiger charge is -2.13. The zero-order valence-electron chi connectivity index (χ0n) is 10.9. The van der Waals surface area contributed by atoms with E-state index < -0.39 is 0 Å². The molecule has 1 heterocycles. The second-order valence-corrected chi connectivity index (χ2v) is 5.07. The van der Waals surface area contributed by atoms with Crippen LogP contribution in [0.3, 0.4) is 0 Å². The van der Waals surface area contributed by atoms with Gasteiger partial charge in [0.1, 0.15) is 0 Å². The van der Waals surface area contributed by atoms with Gasteiger partial charge in [0.25, 0.3) is 0 Å². The van der Waals surface area contributed by atoms with Crippen LogP contribution in [0, 0.1) is 0 Å². The molecule has 0 saturated heterocycles. The summed E-state index contributed by atoms with van der Waals surface area (Å²) in [4.78, 5) is 0. The highest BCUT2D eigenvalue weighted by molar-refractivity contribution is 6.30. The number of nitrogens with one attached hydrogen (secondary N) is 1. The van der Waals surface area contributed by atoms with E-state index in [-0.39, 0.29) is 0 Å². The van der Waals surface area contributed by atoms with Crippen LogP contribution in [0.1, 0.15) is 31.0 Å². The maximum Gasteiger partial charge on any atom is 0.0663 e. The molecule has 3 nitrogen and oxygen atoms in total. The van der Waals surface area contributed by atoms with Crippen molar-refractivity contribution in [2.24, 2.45) is 0 Å². The molecule has 0 aliphatic rings. The maximum absolute atomic E-state index is 6.04.